The van der Waals surface area contributed by atoms with Crippen LogP contribution in [0.25, 0.3) is 0 Å². The van der Waals surface area contributed by atoms with Gasteiger partial charge in [-0.3, -0.25) is 0 Å². The van der Waals surface area contributed by atoms with Crippen molar-refractivity contribution in [3.63, 3.8) is 0 Å². The van der Waals surface area contributed by atoms with Crippen LogP contribution in [-0.2, 0) is 16.0 Å². The van der Waals surface area contributed by atoms with E-state index in [4.69, 9.17) is 18.9 Å². The molecule has 19 heavy (non-hydrogen) atoms. The van der Waals surface area contributed by atoms with Gasteiger partial charge in [-0.25, -0.2) is 0 Å². The second kappa shape index (κ2) is 6.09. The van der Waals surface area contributed by atoms with Gasteiger partial charge >= 0.3 is 0 Å². The van der Waals surface area contributed by atoms with Crippen molar-refractivity contribution in [1.82, 2.24) is 5.32 Å². The van der Waals surface area contributed by atoms with Crippen LogP contribution in [0.15, 0.2) is 16.6 Å². The van der Waals surface area contributed by atoms with E-state index in [1.165, 1.54) is 0 Å². The van der Waals surface area contributed by atoms with E-state index < -0.39 is 0 Å². The van der Waals surface area contributed by atoms with E-state index in [0.29, 0.717) is 26.6 Å². The lowest BCUT2D eigenvalue weighted by Gasteiger charge is -2.23. The van der Waals surface area contributed by atoms with Crippen molar-refractivity contribution in [3.8, 4) is 11.5 Å². The summed E-state index contributed by atoms with van der Waals surface area (Å²) in [6, 6.07) is 3.94. The minimum atomic E-state index is 0.140. The van der Waals surface area contributed by atoms with Gasteiger partial charge in [-0.05, 0) is 17.7 Å². The molecule has 104 valence electrons. The van der Waals surface area contributed by atoms with E-state index in [2.05, 4.69) is 21.2 Å². The molecule has 0 bridgehead atoms. The molecule has 1 aromatic carbocycles. The van der Waals surface area contributed by atoms with Crippen LogP contribution in [0.2, 0.25) is 0 Å². The Hall–Kier alpha value is -0.820. The smallest absolute Gasteiger partial charge is 0.231 e. The number of halogens is 1. The molecular weight excluding hydrogens is 314 g/mol. The first-order valence-electron chi connectivity index (χ1n) is 6.31. The number of hydrogen-bond acceptors (Lipinski definition) is 5. The van der Waals surface area contributed by atoms with Crippen LogP contribution in [0, 0.1) is 0 Å². The van der Waals surface area contributed by atoms with Crippen LogP contribution >= 0.6 is 15.9 Å². The summed E-state index contributed by atoms with van der Waals surface area (Å²) in [6.07, 6.45) is 0.140. The average Bonchev–Trinajstić information content (AvgIpc) is 2.87. The summed E-state index contributed by atoms with van der Waals surface area (Å²) in [5.41, 5.74) is 1.14. The van der Waals surface area contributed by atoms with E-state index in [0.717, 1.165) is 34.6 Å². The van der Waals surface area contributed by atoms with Crippen LogP contribution in [0.4, 0.5) is 0 Å². The molecule has 0 radical (unpaired) electrons. The number of fused-ring (bicyclic) bond motifs is 1. The molecular formula is C13H16BrNO4. The monoisotopic (exact) mass is 329 g/mol. The van der Waals surface area contributed by atoms with Crippen molar-refractivity contribution in [2.24, 2.45) is 0 Å². The SMILES string of the molecule is Brc1cc2c(cc1CNCC1COCCO1)OCO2. The third-order valence-electron chi connectivity index (χ3n) is 3.11. The van der Waals surface area contributed by atoms with E-state index >= 15 is 0 Å². The van der Waals surface area contributed by atoms with Crippen LogP contribution in [0.5, 0.6) is 11.5 Å². The van der Waals surface area contributed by atoms with Gasteiger partial charge in [0.15, 0.2) is 11.5 Å². The Bertz CT molecular complexity index is 449. The lowest BCUT2D eigenvalue weighted by Crippen LogP contribution is -2.37. The summed E-state index contributed by atoms with van der Waals surface area (Å²) < 4.78 is 22.7. The Morgan fingerprint density at radius 2 is 2.05 bits per heavy atom. The molecule has 2 heterocycles. The molecule has 5 nitrogen and oxygen atoms in total. The molecule has 3 rings (SSSR count). The predicted octanol–water partition coefficient (Wildman–Crippen LogP) is 1.68. The van der Waals surface area contributed by atoms with Gasteiger partial charge in [-0.15, -0.1) is 0 Å². The van der Waals surface area contributed by atoms with Crippen molar-refractivity contribution < 1.29 is 18.9 Å². The van der Waals surface area contributed by atoms with Gasteiger partial charge < -0.3 is 24.3 Å². The lowest BCUT2D eigenvalue weighted by atomic mass is 10.2. The molecule has 0 saturated carbocycles. The quantitative estimate of drug-likeness (QED) is 0.910. The number of benzene rings is 1. The molecule has 1 fully saturated rings. The van der Waals surface area contributed by atoms with Gasteiger partial charge in [-0.1, -0.05) is 15.9 Å². The van der Waals surface area contributed by atoms with Crippen molar-refractivity contribution in [3.05, 3.63) is 22.2 Å². The zero-order valence-corrected chi connectivity index (χ0v) is 12.1. The molecule has 6 heteroatoms. The lowest BCUT2D eigenvalue weighted by molar-refractivity contribution is -0.0864. The molecule has 0 spiro atoms. The van der Waals surface area contributed by atoms with Crippen molar-refractivity contribution >= 4 is 15.9 Å². The number of nitrogens with one attached hydrogen (secondary N) is 1. The fourth-order valence-electron chi connectivity index (χ4n) is 2.12. The van der Waals surface area contributed by atoms with Crippen LogP contribution in [0.1, 0.15) is 5.56 Å². The van der Waals surface area contributed by atoms with Gasteiger partial charge in [0.25, 0.3) is 0 Å². The molecule has 0 aliphatic carbocycles. The minimum Gasteiger partial charge on any atom is -0.454 e. The van der Waals surface area contributed by atoms with Crippen molar-refractivity contribution in [2.75, 3.05) is 33.2 Å². The minimum absolute atomic E-state index is 0.140. The summed E-state index contributed by atoms with van der Waals surface area (Å²) in [5, 5.41) is 3.37. The highest BCUT2D eigenvalue weighted by molar-refractivity contribution is 9.10. The van der Waals surface area contributed by atoms with Crippen LogP contribution < -0.4 is 14.8 Å². The molecule has 2 aliphatic heterocycles. The van der Waals surface area contributed by atoms with Gasteiger partial charge in [0.2, 0.25) is 6.79 Å². The normalized spacial score (nSPS) is 21.6. The maximum absolute atomic E-state index is 5.58. The Labute approximate surface area is 120 Å². The third kappa shape index (κ3) is 3.20. The summed E-state index contributed by atoms with van der Waals surface area (Å²) >= 11 is 3.54. The number of ether oxygens (including phenoxy) is 4. The molecule has 1 saturated heterocycles. The first kappa shape index (κ1) is 13.2. The summed E-state index contributed by atoms with van der Waals surface area (Å²) in [7, 11) is 0. The maximum Gasteiger partial charge on any atom is 0.231 e. The van der Waals surface area contributed by atoms with Crippen molar-refractivity contribution in [2.45, 2.75) is 12.6 Å². The molecule has 2 aliphatic rings. The van der Waals surface area contributed by atoms with Crippen LogP contribution in [-0.4, -0.2) is 39.3 Å². The number of rotatable bonds is 4. The first-order valence-corrected chi connectivity index (χ1v) is 7.10. The first-order chi connectivity index (χ1) is 9.33. The standard InChI is InChI=1S/C13H16BrNO4/c14-11-4-13-12(18-8-19-13)3-9(11)5-15-6-10-7-16-1-2-17-10/h3-4,10,15H,1-2,5-8H2. The van der Waals surface area contributed by atoms with E-state index in [1.807, 2.05) is 12.1 Å². The fraction of sp³-hybridized carbons (Fsp3) is 0.538. The highest BCUT2D eigenvalue weighted by Gasteiger charge is 2.17. The fourth-order valence-corrected chi connectivity index (χ4v) is 2.58. The molecule has 0 aromatic heterocycles. The second-order valence-corrected chi connectivity index (χ2v) is 5.35. The van der Waals surface area contributed by atoms with Crippen molar-refractivity contribution in [1.29, 1.82) is 0 Å². The van der Waals surface area contributed by atoms with Gasteiger partial charge in [0.1, 0.15) is 0 Å². The Balaban J connectivity index is 1.54. The van der Waals surface area contributed by atoms with Gasteiger partial charge in [-0.2, -0.15) is 0 Å². The molecule has 0 amide bonds. The summed E-state index contributed by atoms with van der Waals surface area (Å²) in [4.78, 5) is 0. The zero-order chi connectivity index (χ0) is 13.1. The molecule has 1 unspecified atom stereocenters. The second-order valence-electron chi connectivity index (χ2n) is 4.50. The Morgan fingerprint density at radius 1 is 1.21 bits per heavy atom. The van der Waals surface area contributed by atoms with E-state index in [9.17, 15) is 0 Å². The van der Waals surface area contributed by atoms with Crippen LogP contribution in [0.3, 0.4) is 0 Å². The summed E-state index contributed by atoms with van der Waals surface area (Å²) in [6.45, 7) is 3.86. The highest BCUT2D eigenvalue weighted by atomic mass is 79.9. The zero-order valence-electron chi connectivity index (χ0n) is 10.5. The van der Waals surface area contributed by atoms with E-state index in [-0.39, 0.29) is 6.10 Å². The Morgan fingerprint density at radius 3 is 2.84 bits per heavy atom. The predicted molar refractivity (Wildman–Crippen MR) is 72.5 cm³/mol. The topological polar surface area (TPSA) is 49.0 Å². The molecule has 1 atom stereocenters. The Kier molecular flexibility index (Phi) is 4.22. The molecule has 1 N–H and O–H groups in total. The molecule has 1 aromatic rings. The average molecular weight is 330 g/mol. The number of hydrogen-bond donors (Lipinski definition) is 1. The summed E-state index contributed by atoms with van der Waals surface area (Å²) in [5.74, 6) is 1.59. The van der Waals surface area contributed by atoms with Gasteiger partial charge in [0, 0.05) is 17.6 Å². The highest BCUT2D eigenvalue weighted by Crippen LogP contribution is 2.36. The van der Waals surface area contributed by atoms with Gasteiger partial charge in [0.05, 0.1) is 25.9 Å². The largest absolute Gasteiger partial charge is 0.454 e. The maximum atomic E-state index is 5.58. The van der Waals surface area contributed by atoms with E-state index in [1.54, 1.807) is 0 Å². The third-order valence-corrected chi connectivity index (χ3v) is 3.85.